The quantitative estimate of drug-likeness (QED) is 0.678. The van der Waals surface area contributed by atoms with E-state index < -0.39 is 15.9 Å². The zero-order valence-electron chi connectivity index (χ0n) is 16.3. The Morgan fingerprint density at radius 2 is 1.86 bits per heavy atom. The average Bonchev–Trinajstić information content (AvgIpc) is 2.95. The number of benzene rings is 1. The fourth-order valence-electron chi connectivity index (χ4n) is 2.94. The van der Waals surface area contributed by atoms with E-state index in [0.29, 0.717) is 33.6 Å². The third kappa shape index (κ3) is 3.90. The first-order valence-electron chi connectivity index (χ1n) is 8.76. The Kier molecular flexibility index (Phi) is 5.22. The molecule has 9 heteroatoms. The van der Waals surface area contributed by atoms with Crippen LogP contribution >= 0.6 is 0 Å². The molecular weight excluding hydrogens is 380 g/mol. The molecule has 2 N–H and O–H groups in total. The van der Waals surface area contributed by atoms with Crippen molar-refractivity contribution in [3.63, 3.8) is 0 Å². The molecule has 3 aromatic rings. The summed E-state index contributed by atoms with van der Waals surface area (Å²) in [6.07, 6.45) is 0. The predicted molar refractivity (Wildman–Crippen MR) is 106 cm³/mol. The van der Waals surface area contributed by atoms with Gasteiger partial charge in [0.15, 0.2) is 0 Å². The molecule has 2 heterocycles. The number of rotatable bonds is 5. The van der Waals surface area contributed by atoms with Gasteiger partial charge in [0.05, 0.1) is 21.5 Å². The Labute approximate surface area is 163 Å². The van der Waals surface area contributed by atoms with Crippen LogP contribution in [0.25, 0.3) is 11.1 Å². The molecule has 0 aliphatic rings. The highest BCUT2D eigenvalue weighted by Gasteiger charge is 2.21. The van der Waals surface area contributed by atoms with Gasteiger partial charge in [-0.2, -0.15) is 0 Å². The molecule has 1 amide bonds. The summed E-state index contributed by atoms with van der Waals surface area (Å²) in [6, 6.07) is 6.17. The van der Waals surface area contributed by atoms with Crippen molar-refractivity contribution in [3.8, 4) is 0 Å². The lowest BCUT2D eigenvalue weighted by Gasteiger charge is -2.14. The van der Waals surface area contributed by atoms with Gasteiger partial charge in [0.2, 0.25) is 10.0 Å². The Balaban J connectivity index is 1.98. The van der Waals surface area contributed by atoms with Gasteiger partial charge < -0.3 is 9.84 Å². The van der Waals surface area contributed by atoms with Crippen molar-refractivity contribution in [1.82, 2.24) is 14.9 Å². The number of nitrogens with one attached hydrogen (secondary N) is 2. The van der Waals surface area contributed by atoms with Crippen LogP contribution in [0.1, 0.15) is 41.2 Å². The molecule has 148 valence electrons. The highest BCUT2D eigenvalue weighted by atomic mass is 32.2. The van der Waals surface area contributed by atoms with Crippen LogP contribution in [-0.4, -0.2) is 30.5 Å². The lowest BCUT2D eigenvalue weighted by Crippen LogP contribution is -2.30. The number of anilines is 1. The molecule has 0 saturated heterocycles. The van der Waals surface area contributed by atoms with Crippen molar-refractivity contribution in [2.75, 3.05) is 5.32 Å². The maximum absolute atomic E-state index is 12.9. The van der Waals surface area contributed by atoms with Crippen LogP contribution in [-0.2, 0) is 10.0 Å². The topological polar surface area (TPSA) is 114 Å². The number of aryl methyl sites for hydroxylation is 3. The van der Waals surface area contributed by atoms with Crippen molar-refractivity contribution in [1.29, 1.82) is 0 Å². The summed E-state index contributed by atoms with van der Waals surface area (Å²) in [5.74, 6) is -0.397. The summed E-state index contributed by atoms with van der Waals surface area (Å²) in [6.45, 7) is 8.68. The highest BCUT2D eigenvalue weighted by Crippen LogP contribution is 2.25. The van der Waals surface area contributed by atoms with Crippen LogP contribution in [0.5, 0.6) is 0 Å². The van der Waals surface area contributed by atoms with Crippen LogP contribution in [0.4, 0.5) is 5.69 Å². The summed E-state index contributed by atoms with van der Waals surface area (Å²) in [4.78, 5) is 17.2. The number of pyridine rings is 1. The zero-order chi connectivity index (χ0) is 20.6. The largest absolute Gasteiger partial charge is 0.336 e. The molecule has 0 atom stereocenters. The minimum Gasteiger partial charge on any atom is -0.336 e. The molecule has 3 rings (SSSR count). The summed E-state index contributed by atoms with van der Waals surface area (Å²) in [5, 5.41) is 7.16. The fourth-order valence-corrected chi connectivity index (χ4v) is 4.46. The molecule has 28 heavy (non-hydrogen) atoms. The number of fused-ring (bicyclic) bond motifs is 1. The molecule has 2 aromatic heterocycles. The van der Waals surface area contributed by atoms with E-state index in [1.54, 1.807) is 52.8 Å². The summed E-state index contributed by atoms with van der Waals surface area (Å²) in [5.41, 5.74) is 2.78. The lowest BCUT2D eigenvalue weighted by atomic mass is 10.1. The van der Waals surface area contributed by atoms with Crippen LogP contribution < -0.4 is 10.0 Å². The Hall–Kier alpha value is -2.78. The average molecular weight is 402 g/mol. The van der Waals surface area contributed by atoms with Crippen LogP contribution in [0.2, 0.25) is 0 Å². The first kappa shape index (κ1) is 20.0. The Bertz CT molecular complexity index is 1170. The van der Waals surface area contributed by atoms with Crippen molar-refractivity contribution < 1.29 is 17.7 Å². The number of sulfonamides is 1. The smallest absolute Gasteiger partial charge is 0.258 e. The van der Waals surface area contributed by atoms with E-state index in [9.17, 15) is 13.2 Å². The van der Waals surface area contributed by atoms with E-state index in [0.717, 1.165) is 0 Å². The second-order valence-electron chi connectivity index (χ2n) is 6.97. The molecule has 0 unspecified atom stereocenters. The standard InChI is InChI=1S/C19H22N4O4S/c1-10(2)23-28(25,26)16-9-14(7-6-11(16)3)21-18(24)15-8-12(4)20-19-17(15)13(5)22-27-19/h6-10,23H,1-5H3,(H,21,24). The van der Waals surface area contributed by atoms with Gasteiger partial charge in [0.25, 0.3) is 11.6 Å². The molecule has 8 nitrogen and oxygen atoms in total. The van der Waals surface area contributed by atoms with Crippen LogP contribution in [0.15, 0.2) is 33.7 Å². The second-order valence-corrected chi connectivity index (χ2v) is 8.65. The van der Waals surface area contributed by atoms with Gasteiger partial charge in [-0.15, -0.1) is 0 Å². The van der Waals surface area contributed by atoms with Gasteiger partial charge in [-0.3, -0.25) is 4.79 Å². The third-order valence-corrected chi connectivity index (χ3v) is 5.92. The summed E-state index contributed by atoms with van der Waals surface area (Å²) < 4.78 is 32.8. The maximum atomic E-state index is 12.9. The van der Waals surface area contributed by atoms with Crippen molar-refractivity contribution >= 4 is 32.7 Å². The number of hydrogen-bond acceptors (Lipinski definition) is 6. The molecular formula is C19H22N4O4S. The number of hydrogen-bond donors (Lipinski definition) is 2. The summed E-state index contributed by atoms with van der Waals surface area (Å²) >= 11 is 0. The van der Waals surface area contributed by atoms with Gasteiger partial charge in [-0.25, -0.2) is 18.1 Å². The minimum atomic E-state index is -3.69. The van der Waals surface area contributed by atoms with Gasteiger partial charge in [-0.05, 0) is 58.4 Å². The van der Waals surface area contributed by atoms with Crippen molar-refractivity contribution in [2.45, 2.75) is 45.6 Å². The normalized spacial score (nSPS) is 11.9. The number of amides is 1. The molecule has 1 aromatic carbocycles. The van der Waals surface area contributed by atoms with Crippen molar-refractivity contribution in [3.05, 3.63) is 46.8 Å². The number of aromatic nitrogens is 2. The van der Waals surface area contributed by atoms with Crippen molar-refractivity contribution in [2.24, 2.45) is 0 Å². The van der Waals surface area contributed by atoms with E-state index in [4.69, 9.17) is 4.52 Å². The first-order chi connectivity index (χ1) is 13.1. The van der Waals surface area contributed by atoms with E-state index in [-0.39, 0.29) is 16.7 Å². The Morgan fingerprint density at radius 3 is 2.54 bits per heavy atom. The molecule has 0 aliphatic carbocycles. The van der Waals surface area contributed by atoms with Crippen LogP contribution in [0, 0.1) is 20.8 Å². The maximum Gasteiger partial charge on any atom is 0.258 e. The molecule has 0 saturated carbocycles. The summed E-state index contributed by atoms with van der Waals surface area (Å²) in [7, 11) is -3.69. The highest BCUT2D eigenvalue weighted by molar-refractivity contribution is 7.89. The fraction of sp³-hybridized carbons (Fsp3) is 0.316. The van der Waals surface area contributed by atoms with Crippen LogP contribution in [0.3, 0.4) is 0 Å². The molecule has 0 fully saturated rings. The minimum absolute atomic E-state index is 0.121. The molecule has 0 spiro atoms. The number of carbonyl (C=O) groups excluding carboxylic acids is 1. The monoisotopic (exact) mass is 402 g/mol. The van der Waals surface area contributed by atoms with Gasteiger partial charge >= 0.3 is 0 Å². The Morgan fingerprint density at radius 1 is 1.14 bits per heavy atom. The van der Waals surface area contributed by atoms with E-state index in [2.05, 4.69) is 20.2 Å². The van der Waals surface area contributed by atoms with Gasteiger partial charge in [-0.1, -0.05) is 11.2 Å². The van der Waals surface area contributed by atoms with Gasteiger partial charge in [0.1, 0.15) is 0 Å². The zero-order valence-corrected chi connectivity index (χ0v) is 17.1. The lowest BCUT2D eigenvalue weighted by molar-refractivity contribution is 0.102. The number of nitrogens with zero attached hydrogens (tertiary/aromatic N) is 2. The SMILES string of the molecule is Cc1cc(C(=O)Nc2ccc(C)c(S(=O)(=O)NC(C)C)c2)c2c(C)noc2n1. The molecule has 0 aliphatic heterocycles. The predicted octanol–water partition coefficient (Wildman–Crippen LogP) is 3.09. The van der Waals surface area contributed by atoms with E-state index in [1.807, 2.05) is 0 Å². The molecule has 0 radical (unpaired) electrons. The second kappa shape index (κ2) is 7.33. The van der Waals surface area contributed by atoms with E-state index in [1.165, 1.54) is 6.07 Å². The van der Waals surface area contributed by atoms with Gasteiger partial charge in [0, 0.05) is 17.4 Å². The van der Waals surface area contributed by atoms with E-state index >= 15 is 0 Å². The third-order valence-electron chi connectivity index (χ3n) is 4.12. The molecule has 0 bridgehead atoms. The first-order valence-corrected chi connectivity index (χ1v) is 10.2. The number of carbonyl (C=O) groups is 1.